The Balaban J connectivity index is 1.56. The van der Waals surface area contributed by atoms with E-state index in [0.29, 0.717) is 11.8 Å². The van der Waals surface area contributed by atoms with Gasteiger partial charge in [0.05, 0.1) is 11.6 Å². The van der Waals surface area contributed by atoms with E-state index in [4.69, 9.17) is 15.2 Å². The molecular formula is C18H23N5O2. The number of aromatic nitrogens is 3. The molecule has 7 heteroatoms. The van der Waals surface area contributed by atoms with Crippen molar-refractivity contribution in [3.05, 3.63) is 36.7 Å². The lowest BCUT2D eigenvalue weighted by molar-refractivity contribution is -0.0607. The number of nitrogen functional groups attached to an aromatic ring is 1. The molecule has 2 N–H and O–H groups in total. The Morgan fingerprint density at radius 1 is 1.20 bits per heavy atom. The third kappa shape index (κ3) is 3.00. The maximum atomic E-state index is 6.11. The van der Waals surface area contributed by atoms with E-state index in [1.807, 2.05) is 31.4 Å². The number of fused-ring (bicyclic) bond motifs is 1. The first-order valence-electron chi connectivity index (χ1n) is 8.68. The molecule has 132 valence electrons. The summed E-state index contributed by atoms with van der Waals surface area (Å²) >= 11 is 0. The number of nitrogens with zero attached hydrogens (tertiary/aromatic N) is 4. The number of hydrogen-bond acceptors (Lipinski definition) is 7. The molecule has 1 saturated heterocycles. The Hall–Kier alpha value is -2.41. The summed E-state index contributed by atoms with van der Waals surface area (Å²) in [5, 5.41) is 0. The number of ether oxygens (including phenoxy) is 2. The van der Waals surface area contributed by atoms with Crippen LogP contribution in [-0.4, -0.2) is 46.4 Å². The lowest BCUT2D eigenvalue weighted by Crippen LogP contribution is -2.52. The standard InChI is InChI=1S/C18H23N5O2/c1-24-18-7-5-13(25-16-4-2-3-9-20-16)12-14(18)23(11-8-18)15-6-10-21-17(19)22-15/h2-4,6,9-10,13-14H,5,7-8,11-12H2,1H3,(H2,19,21,22)/t13?,14?,18-/m1/s1. The van der Waals surface area contributed by atoms with Gasteiger partial charge in [-0.2, -0.15) is 4.98 Å². The molecule has 0 aromatic carbocycles. The van der Waals surface area contributed by atoms with Gasteiger partial charge in [-0.05, 0) is 31.4 Å². The fraction of sp³-hybridized carbons (Fsp3) is 0.500. The Kier molecular flexibility index (Phi) is 4.17. The summed E-state index contributed by atoms with van der Waals surface area (Å²) in [6, 6.07) is 7.84. The maximum Gasteiger partial charge on any atom is 0.221 e. The molecule has 0 spiro atoms. The van der Waals surface area contributed by atoms with E-state index in [9.17, 15) is 0 Å². The van der Waals surface area contributed by atoms with E-state index >= 15 is 0 Å². The first-order valence-corrected chi connectivity index (χ1v) is 8.68. The number of pyridine rings is 1. The van der Waals surface area contributed by atoms with Crippen LogP contribution < -0.4 is 15.4 Å². The summed E-state index contributed by atoms with van der Waals surface area (Å²) in [7, 11) is 1.81. The Morgan fingerprint density at radius 2 is 2.12 bits per heavy atom. The monoisotopic (exact) mass is 341 g/mol. The molecule has 4 rings (SSSR count). The summed E-state index contributed by atoms with van der Waals surface area (Å²) in [6.07, 6.45) is 7.34. The molecular weight excluding hydrogens is 318 g/mol. The first-order chi connectivity index (χ1) is 12.2. The Bertz CT molecular complexity index is 728. The van der Waals surface area contributed by atoms with Gasteiger partial charge in [0.15, 0.2) is 0 Å². The lowest BCUT2D eigenvalue weighted by Gasteiger charge is -2.43. The van der Waals surface area contributed by atoms with Crippen LogP contribution in [-0.2, 0) is 4.74 Å². The van der Waals surface area contributed by atoms with Gasteiger partial charge < -0.3 is 20.1 Å². The van der Waals surface area contributed by atoms with Crippen LogP contribution in [0.15, 0.2) is 36.7 Å². The predicted molar refractivity (Wildman–Crippen MR) is 94.4 cm³/mol. The molecule has 2 aromatic heterocycles. The summed E-state index contributed by atoms with van der Waals surface area (Å²) < 4.78 is 12.1. The van der Waals surface area contributed by atoms with E-state index < -0.39 is 0 Å². The number of nitrogens with two attached hydrogens (primary N) is 1. The third-order valence-electron chi connectivity index (χ3n) is 5.42. The zero-order valence-electron chi connectivity index (χ0n) is 14.3. The van der Waals surface area contributed by atoms with E-state index in [2.05, 4.69) is 19.9 Å². The number of anilines is 2. The average Bonchev–Trinajstić information content (AvgIpc) is 3.02. The van der Waals surface area contributed by atoms with Gasteiger partial charge >= 0.3 is 0 Å². The minimum absolute atomic E-state index is 0.114. The Morgan fingerprint density at radius 3 is 2.88 bits per heavy atom. The van der Waals surface area contributed by atoms with E-state index in [0.717, 1.165) is 38.0 Å². The smallest absolute Gasteiger partial charge is 0.221 e. The van der Waals surface area contributed by atoms with Crippen molar-refractivity contribution in [3.63, 3.8) is 0 Å². The van der Waals surface area contributed by atoms with Gasteiger partial charge in [-0.25, -0.2) is 9.97 Å². The van der Waals surface area contributed by atoms with Crippen molar-refractivity contribution in [2.45, 2.75) is 43.4 Å². The molecule has 2 fully saturated rings. The molecule has 25 heavy (non-hydrogen) atoms. The molecule has 0 radical (unpaired) electrons. The van der Waals surface area contributed by atoms with E-state index in [-0.39, 0.29) is 17.7 Å². The molecule has 3 atom stereocenters. The van der Waals surface area contributed by atoms with Crippen LogP contribution in [0.5, 0.6) is 5.88 Å². The second kappa shape index (κ2) is 6.48. The molecule has 2 aliphatic rings. The second-order valence-electron chi connectivity index (χ2n) is 6.68. The molecule has 7 nitrogen and oxygen atoms in total. The van der Waals surface area contributed by atoms with Crippen LogP contribution in [0, 0.1) is 0 Å². The van der Waals surface area contributed by atoms with Crippen molar-refractivity contribution in [2.24, 2.45) is 0 Å². The van der Waals surface area contributed by atoms with Crippen LogP contribution in [0.3, 0.4) is 0 Å². The zero-order chi connectivity index (χ0) is 17.3. The van der Waals surface area contributed by atoms with Crippen molar-refractivity contribution < 1.29 is 9.47 Å². The predicted octanol–water partition coefficient (Wildman–Crippen LogP) is 2.05. The highest BCUT2D eigenvalue weighted by atomic mass is 16.5. The molecule has 1 aliphatic heterocycles. The molecule has 0 bridgehead atoms. The van der Waals surface area contributed by atoms with Gasteiger partial charge in [0, 0.05) is 38.5 Å². The SMILES string of the molecule is CO[C@@]12CCC(Oc3ccccn3)CC1N(c1ccnc(N)n1)CC2. The first kappa shape index (κ1) is 16.1. The van der Waals surface area contributed by atoms with Gasteiger partial charge in [-0.3, -0.25) is 0 Å². The summed E-state index contributed by atoms with van der Waals surface area (Å²) in [5.74, 6) is 1.83. The maximum absolute atomic E-state index is 6.11. The van der Waals surface area contributed by atoms with Crippen LogP contribution in [0.25, 0.3) is 0 Å². The minimum Gasteiger partial charge on any atom is -0.474 e. The molecule has 3 heterocycles. The van der Waals surface area contributed by atoms with Gasteiger partial charge in [-0.15, -0.1) is 0 Å². The molecule has 1 saturated carbocycles. The van der Waals surface area contributed by atoms with Gasteiger partial charge in [-0.1, -0.05) is 6.07 Å². The minimum atomic E-state index is -0.149. The van der Waals surface area contributed by atoms with Crippen LogP contribution >= 0.6 is 0 Å². The normalized spacial score (nSPS) is 28.6. The lowest BCUT2D eigenvalue weighted by atomic mass is 9.79. The van der Waals surface area contributed by atoms with Crippen LogP contribution in [0.1, 0.15) is 25.7 Å². The summed E-state index contributed by atoms with van der Waals surface area (Å²) in [6.45, 7) is 0.894. The number of rotatable bonds is 4. The highest BCUT2D eigenvalue weighted by Gasteiger charge is 2.52. The number of methoxy groups -OCH3 is 1. The third-order valence-corrected chi connectivity index (χ3v) is 5.42. The van der Waals surface area contributed by atoms with Crippen molar-refractivity contribution >= 4 is 11.8 Å². The fourth-order valence-corrected chi connectivity index (χ4v) is 4.15. The number of hydrogen-bond donors (Lipinski definition) is 1. The Labute approximate surface area is 147 Å². The van der Waals surface area contributed by atoms with Crippen molar-refractivity contribution in [3.8, 4) is 5.88 Å². The van der Waals surface area contributed by atoms with Crippen molar-refractivity contribution in [2.75, 3.05) is 24.3 Å². The zero-order valence-corrected chi connectivity index (χ0v) is 14.3. The van der Waals surface area contributed by atoms with Crippen LogP contribution in [0.4, 0.5) is 11.8 Å². The largest absolute Gasteiger partial charge is 0.474 e. The van der Waals surface area contributed by atoms with Crippen LogP contribution in [0.2, 0.25) is 0 Å². The fourth-order valence-electron chi connectivity index (χ4n) is 4.15. The molecule has 2 aromatic rings. The highest BCUT2D eigenvalue weighted by molar-refractivity contribution is 5.45. The molecule has 1 aliphatic carbocycles. The van der Waals surface area contributed by atoms with E-state index in [1.165, 1.54) is 0 Å². The summed E-state index contributed by atoms with van der Waals surface area (Å²) in [4.78, 5) is 15.0. The van der Waals surface area contributed by atoms with Crippen molar-refractivity contribution in [1.29, 1.82) is 0 Å². The second-order valence-corrected chi connectivity index (χ2v) is 6.68. The molecule has 0 amide bonds. The van der Waals surface area contributed by atoms with E-state index in [1.54, 1.807) is 12.4 Å². The van der Waals surface area contributed by atoms with Gasteiger partial charge in [0.2, 0.25) is 11.8 Å². The topological polar surface area (TPSA) is 86.4 Å². The quantitative estimate of drug-likeness (QED) is 0.910. The van der Waals surface area contributed by atoms with Crippen molar-refractivity contribution in [1.82, 2.24) is 15.0 Å². The highest BCUT2D eigenvalue weighted by Crippen LogP contribution is 2.44. The van der Waals surface area contributed by atoms with Gasteiger partial charge in [0.25, 0.3) is 0 Å². The molecule has 2 unspecified atom stereocenters. The average molecular weight is 341 g/mol. The van der Waals surface area contributed by atoms with Gasteiger partial charge in [0.1, 0.15) is 11.9 Å². The summed E-state index contributed by atoms with van der Waals surface area (Å²) in [5.41, 5.74) is 5.63.